The number of carbonyl (C=O) groups excluding carboxylic acids is 3. The van der Waals surface area contributed by atoms with E-state index in [0.29, 0.717) is 57.8 Å². The first kappa shape index (κ1) is 39.0. The average Bonchev–Trinajstić information content (AvgIpc) is 3.85. The van der Waals surface area contributed by atoms with Crippen LogP contribution in [-0.2, 0) is 86.4 Å². The molecule has 3 aliphatic rings. The molecule has 9 heteroatoms. The Morgan fingerprint density at radius 1 is 0.426 bits per heavy atom. The predicted molar refractivity (Wildman–Crippen MR) is 219 cm³/mol. The largest absolute Gasteiger partial charge is 0.466 e. The second-order valence-electron chi connectivity index (χ2n) is 15.3. The van der Waals surface area contributed by atoms with E-state index in [-0.39, 0.29) is 37.7 Å². The van der Waals surface area contributed by atoms with E-state index in [2.05, 4.69) is 84.2 Å². The highest BCUT2D eigenvalue weighted by atomic mass is 79.9. The lowest BCUT2D eigenvalue weighted by Gasteiger charge is -2.28. The summed E-state index contributed by atoms with van der Waals surface area (Å²) in [5.74, 6) is -0.623. The van der Waals surface area contributed by atoms with Crippen LogP contribution in [0, 0.1) is 16.2 Å². The first-order valence-corrected chi connectivity index (χ1v) is 21.2. The maximum Gasteiger partial charge on any atom is 0.313 e. The molecule has 0 spiro atoms. The molecule has 54 heavy (non-hydrogen) atoms. The fraction of sp³-hybridized carbons (Fsp3) is 0.400. The van der Waals surface area contributed by atoms with Gasteiger partial charge in [-0.05, 0) is 165 Å². The van der Waals surface area contributed by atoms with Gasteiger partial charge in [-0.15, -0.1) is 0 Å². The fourth-order valence-electron chi connectivity index (χ4n) is 9.45. The summed E-state index contributed by atoms with van der Waals surface area (Å²) >= 11 is 10.7. The minimum atomic E-state index is -0.836. The molecular formula is C45H45Br3O6. The van der Waals surface area contributed by atoms with Crippen molar-refractivity contribution >= 4 is 65.7 Å². The topological polar surface area (TPSA) is 78.9 Å². The maximum atomic E-state index is 14.3. The van der Waals surface area contributed by atoms with Crippen molar-refractivity contribution in [2.45, 2.75) is 78.6 Å². The van der Waals surface area contributed by atoms with Gasteiger partial charge >= 0.3 is 17.9 Å². The highest BCUT2D eigenvalue weighted by Gasteiger charge is 2.56. The predicted octanol–water partition coefficient (Wildman–Crippen LogP) is 9.65. The quantitative estimate of drug-likeness (QED) is 0.104. The number of hydrogen-bond donors (Lipinski definition) is 0. The Balaban J connectivity index is 1.40. The van der Waals surface area contributed by atoms with Crippen LogP contribution in [0.5, 0.6) is 0 Å². The number of benzene rings is 4. The molecule has 4 aromatic rings. The number of fused-ring (bicyclic) bond motifs is 6. The number of rotatable bonds is 12. The lowest BCUT2D eigenvalue weighted by atomic mass is 9.77. The number of halogens is 3. The van der Waals surface area contributed by atoms with Crippen LogP contribution in [0.15, 0.2) is 86.2 Å². The van der Waals surface area contributed by atoms with Crippen LogP contribution in [-0.4, -0.2) is 37.7 Å². The summed E-state index contributed by atoms with van der Waals surface area (Å²) in [6.45, 7) is 6.42. The average molecular weight is 922 g/mol. The molecule has 0 amide bonds. The van der Waals surface area contributed by atoms with Crippen LogP contribution in [0.25, 0.3) is 0 Å². The molecule has 0 bridgehead atoms. The van der Waals surface area contributed by atoms with Crippen molar-refractivity contribution in [3.63, 3.8) is 0 Å². The lowest BCUT2D eigenvalue weighted by Crippen LogP contribution is -2.37. The minimum Gasteiger partial charge on any atom is -0.466 e. The summed E-state index contributed by atoms with van der Waals surface area (Å²) in [7, 11) is 0. The van der Waals surface area contributed by atoms with E-state index in [1.165, 1.54) is 0 Å². The second-order valence-corrected chi connectivity index (χ2v) is 18.1. The molecular weight excluding hydrogens is 876 g/mol. The molecule has 0 heterocycles. The van der Waals surface area contributed by atoms with Crippen LogP contribution >= 0.6 is 47.8 Å². The summed E-state index contributed by atoms with van der Waals surface area (Å²) in [5, 5.41) is 0. The summed E-state index contributed by atoms with van der Waals surface area (Å²) in [5.41, 5.74) is 7.48. The van der Waals surface area contributed by atoms with Crippen LogP contribution in [0.2, 0.25) is 0 Å². The zero-order valence-electron chi connectivity index (χ0n) is 31.0. The Kier molecular flexibility index (Phi) is 11.3. The summed E-state index contributed by atoms with van der Waals surface area (Å²) < 4.78 is 20.6. The van der Waals surface area contributed by atoms with Crippen molar-refractivity contribution in [2.24, 2.45) is 16.2 Å². The smallest absolute Gasteiger partial charge is 0.313 e. The van der Waals surface area contributed by atoms with Crippen LogP contribution < -0.4 is 0 Å². The van der Waals surface area contributed by atoms with Crippen LogP contribution in [0.4, 0.5) is 0 Å². The molecule has 0 atom stereocenters. The van der Waals surface area contributed by atoms with Gasteiger partial charge in [-0.25, -0.2) is 0 Å². The van der Waals surface area contributed by atoms with E-state index in [9.17, 15) is 14.4 Å². The number of esters is 3. The van der Waals surface area contributed by atoms with Gasteiger partial charge in [0, 0.05) is 13.4 Å². The summed E-state index contributed by atoms with van der Waals surface area (Å²) in [6.07, 6.45) is 4.56. The SMILES string of the molecule is CCOC(=O)C1(Cc2ccc(Br)cc2)Cc2c3c(c4c(c2C1)CC(Cc1ccc(Br)cc1)(C(=O)OCC)C4)CC(Cc1ccc(Br)cc1)(C(=O)OCC)C3. The van der Waals surface area contributed by atoms with Gasteiger partial charge in [0.15, 0.2) is 0 Å². The standard InChI is InChI=1S/C45H45Br3O6/c1-4-52-40(49)43(19-28-7-13-31(46)14-8-28)22-34-35(23-43)37-25-45(42(51)54-6-3,21-30-11-17-33(48)18-12-30)27-39(37)38-26-44(24-36(34)38,41(50)53-5-2)20-29-9-15-32(47)16-10-29/h7-18H,4-6,19-27H2,1-3H3. The van der Waals surface area contributed by atoms with Gasteiger partial charge in [-0.3, -0.25) is 14.4 Å². The van der Waals surface area contributed by atoms with Gasteiger partial charge in [0.1, 0.15) is 0 Å². The Morgan fingerprint density at radius 3 is 0.815 bits per heavy atom. The fourth-order valence-corrected chi connectivity index (χ4v) is 10.2. The van der Waals surface area contributed by atoms with E-state index in [0.717, 1.165) is 63.5 Å². The number of hydrogen-bond acceptors (Lipinski definition) is 6. The monoisotopic (exact) mass is 918 g/mol. The first-order chi connectivity index (χ1) is 25.9. The normalized spacial score (nSPS) is 22.3. The van der Waals surface area contributed by atoms with E-state index in [4.69, 9.17) is 14.2 Å². The second kappa shape index (κ2) is 15.7. The minimum absolute atomic E-state index is 0.208. The Labute approximate surface area is 343 Å². The zero-order chi connectivity index (χ0) is 38.3. The van der Waals surface area contributed by atoms with Crippen molar-refractivity contribution in [2.75, 3.05) is 19.8 Å². The van der Waals surface area contributed by atoms with E-state index < -0.39 is 16.2 Å². The molecule has 0 saturated heterocycles. The maximum absolute atomic E-state index is 14.3. The third-order valence-corrected chi connectivity index (χ3v) is 13.4. The van der Waals surface area contributed by atoms with E-state index in [1.807, 2.05) is 57.2 Å². The zero-order valence-corrected chi connectivity index (χ0v) is 35.8. The molecule has 7 rings (SSSR count). The number of ether oxygens (including phenoxy) is 3. The molecule has 4 aromatic carbocycles. The van der Waals surface area contributed by atoms with Gasteiger partial charge in [0.2, 0.25) is 0 Å². The third kappa shape index (κ3) is 7.37. The number of carbonyl (C=O) groups is 3. The molecule has 3 aliphatic carbocycles. The van der Waals surface area contributed by atoms with Crippen molar-refractivity contribution in [3.8, 4) is 0 Å². The van der Waals surface area contributed by atoms with Crippen molar-refractivity contribution in [3.05, 3.63) is 136 Å². The molecule has 0 aromatic heterocycles. The lowest BCUT2D eigenvalue weighted by molar-refractivity contribution is -0.156. The Hall–Kier alpha value is -3.27. The van der Waals surface area contributed by atoms with Gasteiger partial charge in [0.05, 0.1) is 36.1 Å². The molecule has 0 unspecified atom stereocenters. The summed E-state index contributed by atoms with van der Waals surface area (Å²) in [4.78, 5) is 42.9. The van der Waals surface area contributed by atoms with Gasteiger partial charge < -0.3 is 14.2 Å². The van der Waals surface area contributed by atoms with Gasteiger partial charge in [-0.1, -0.05) is 84.2 Å². The molecule has 0 aliphatic heterocycles. The molecule has 0 radical (unpaired) electrons. The molecule has 6 nitrogen and oxygen atoms in total. The molecule has 282 valence electrons. The third-order valence-electron chi connectivity index (χ3n) is 11.8. The van der Waals surface area contributed by atoms with Gasteiger partial charge in [0.25, 0.3) is 0 Å². The highest BCUT2D eigenvalue weighted by Crippen LogP contribution is 2.56. The molecule has 0 N–H and O–H groups in total. The van der Waals surface area contributed by atoms with Crippen LogP contribution in [0.1, 0.15) is 70.8 Å². The van der Waals surface area contributed by atoms with Crippen molar-refractivity contribution < 1.29 is 28.6 Å². The van der Waals surface area contributed by atoms with Crippen molar-refractivity contribution in [1.82, 2.24) is 0 Å². The first-order valence-electron chi connectivity index (χ1n) is 18.9. The molecule has 0 saturated carbocycles. The van der Waals surface area contributed by atoms with E-state index in [1.54, 1.807) is 0 Å². The summed E-state index contributed by atoms with van der Waals surface area (Å²) in [6, 6.07) is 24.5. The molecule has 0 fully saturated rings. The Morgan fingerprint density at radius 2 is 0.630 bits per heavy atom. The Bertz CT molecular complexity index is 1770. The van der Waals surface area contributed by atoms with Crippen LogP contribution in [0.3, 0.4) is 0 Å². The highest BCUT2D eigenvalue weighted by molar-refractivity contribution is 9.11. The van der Waals surface area contributed by atoms with Gasteiger partial charge in [-0.2, -0.15) is 0 Å². The van der Waals surface area contributed by atoms with E-state index >= 15 is 0 Å². The van der Waals surface area contributed by atoms with Crippen molar-refractivity contribution in [1.29, 1.82) is 0 Å².